The van der Waals surface area contributed by atoms with Crippen molar-refractivity contribution in [1.29, 1.82) is 0 Å². The van der Waals surface area contributed by atoms with Gasteiger partial charge in [-0.05, 0) is 54.9 Å². The van der Waals surface area contributed by atoms with Crippen molar-refractivity contribution in [2.24, 2.45) is 0 Å². The second-order valence-corrected chi connectivity index (χ2v) is 8.24. The van der Waals surface area contributed by atoms with Crippen molar-refractivity contribution in [3.8, 4) is 11.5 Å². The molecule has 0 radical (unpaired) electrons. The van der Waals surface area contributed by atoms with Crippen LogP contribution < -0.4 is 9.47 Å². The van der Waals surface area contributed by atoms with Crippen molar-refractivity contribution in [2.45, 2.75) is 20.5 Å². The van der Waals surface area contributed by atoms with Gasteiger partial charge in [-0.15, -0.1) is 0 Å². The maximum absolute atomic E-state index is 12.4. The number of rotatable bonds is 8. The molecule has 1 heterocycles. The molecular weight excluding hydrogens is 488 g/mol. The Bertz CT molecular complexity index is 1070. The topological polar surface area (TPSA) is 99.0 Å². The highest BCUT2D eigenvalue weighted by molar-refractivity contribution is 9.10. The van der Waals surface area contributed by atoms with Crippen LogP contribution in [-0.4, -0.2) is 34.1 Å². The molecule has 3 rings (SSSR count). The summed E-state index contributed by atoms with van der Waals surface area (Å²) in [6.45, 7) is 4.40. The van der Waals surface area contributed by atoms with Crippen LogP contribution in [0.15, 0.2) is 45.8 Å². The summed E-state index contributed by atoms with van der Waals surface area (Å²) in [7, 11) is 0. The molecule has 0 N–H and O–H groups in total. The first-order valence-corrected chi connectivity index (χ1v) is 11.0. The molecule has 31 heavy (non-hydrogen) atoms. The van der Waals surface area contributed by atoms with Crippen LogP contribution in [0.3, 0.4) is 0 Å². The third-order valence-electron chi connectivity index (χ3n) is 4.36. The molecule has 2 aromatic rings. The van der Waals surface area contributed by atoms with Gasteiger partial charge in [0.05, 0.1) is 16.4 Å². The molecule has 1 saturated heterocycles. The summed E-state index contributed by atoms with van der Waals surface area (Å²) >= 11 is 4.37. The van der Waals surface area contributed by atoms with E-state index in [0.717, 1.165) is 11.8 Å². The lowest BCUT2D eigenvalue weighted by Gasteiger charge is -2.14. The Labute approximate surface area is 191 Å². The van der Waals surface area contributed by atoms with Crippen LogP contribution in [0, 0.1) is 10.1 Å². The minimum Gasteiger partial charge on any atom is -0.490 e. The van der Waals surface area contributed by atoms with Gasteiger partial charge in [-0.2, -0.15) is 0 Å². The van der Waals surface area contributed by atoms with Crippen molar-refractivity contribution in [2.75, 3.05) is 13.2 Å². The predicted molar refractivity (Wildman–Crippen MR) is 121 cm³/mol. The van der Waals surface area contributed by atoms with E-state index in [1.807, 2.05) is 6.92 Å². The van der Waals surface area contributed by atoms with E-state index in [4.69, 9.17) is 9.47 Å². The van der Waals surface area contributed by atoms with Gasteiger partial charge in [-0.25, -0.2) is 0 Å². The smallest absolute Gasteiger partial charge is 0.293 e. The summed E-state index contributed by atoms with van der Waals surface area (Å²) in [4.78, 5) is 36.3. The molecule has 1 aliphatic rings. The Morgan fingerprint density at radius 2 is 1.90 bits per heavy atom. The van der Waals surface area contributed by atoms with Gasteiger partial charge in [0.1, 0.15) is 6.61 Å². The number of carbonyl (C=O) groups is 2. The maximum Gasteiger partial charge on any atom is 0.293 e. The van der Waals surface area contributed by atoms with Gasteiger partial charge in [0.2, 0.25) is 0 Å². The summed E-state index contributed by atoms with van der Waals surface area (Å²) in [5.41, 5.74) is 1.29. The molecule has 0 bridgehead atoms. The first-order valence-electron chi connectivity index (χ1n) is 9.41. The normalized spacial score (nSPS) is 14.9. The quantitative estimate of drug-likeness (QED) is 0.268. The third-order valence-corrected chi connectivity index (χ3v) is 5.95. The summed E-state index contributed by atoms with van der Waals surface area (Å²) in [6, 6.07) is 9.63. The molecule has 162 valence electrons. The molecular formula is C21H19BrN2O6S. The number of halogens is 1. The molecule has 8 nitrogen and oxygen atoms in total. The number of amides is 2. The molecule has 10 heteroatoms. The second-order valence-electron chi connectivity index (χ2n) is 6.40. The number of thioether (sulfide) groups is 1. The number of benzene rings is 2. The number of nitro benzene ring substituents is 1. The Hall–Kier alpha value is -2.85. The minimum absolute atomic E-state index is 0.0105. The SMILES string of the molecule is CCOc1cc(/C=C2/SC(=O)N(CC)C2=O)c(Br)cc1OCc1cccc([N+](=O)[O-])c1. The van der Waals surface area contributed by atoms with Crippen LogP contribution in [0.5, 0.6) is 11.5 Å². The number of nitrogens with zero attached hydrogens (tertiary/aromatic N) is 2. The van der Waals surface area contributed by atoms with Crippen molar-refractivity contribution in [3.63, 3.8) is 0 Å². The number of carbonyl (C=O) groups excluding carboxylic acids is 2. The highest BCUT2D eigenvalue weighted by Gasteiger charge is 2.33. The molecule has 1 fully saturated rings. The fourth-order valence-electron chi connectivity index (χ4n) is 2.88. The van der Waals surface area contributed by atoms with Crippen molar-refractivity contribution in [1.82, 2.24) is 4.90 Å². The van der Waals surface area contributed by atoms with E-state index in [0.29, 0.717) is 45.2 Å². The first-order chi connectivity index (χ1) is 14.8. The van der Waals surface area contributed by atoms with Crippen LogP contribution in [0.25, 0.3) is 6.08 Å². The van der Waals surface area contributed by atoms with Crippen LogP contribution in [-0.2, 0) is 11.4 Å². The van der Waals surface area contributed by atoms with Crippen molar-refractivity contribution in [3.05, 3.63) is 67.0 Å². The maximum atomic E-state index is 12.4. The molecule has 0 saturated carbocycles. The number of imide groups is 1. The van der Waals surface area contributed by atoms with Gasteiger partial charge in [-0.3, -0.25) is 24.6 Å². The van der Waals surface area contributed by atoms with E-state index in [-0.39, 0.29) is 23.4 Å². The van der Waals surface area contributed by atoms with E-state index >= 15 is 0 Å². The average molecular weight is 507 g/mol. The van der Waals surface area contributed by atoms with Gasteiger partial charge in [0.25, 0.3) is 16.8 Å². The second kappa shape index (κ2) is 9.97. The highest BCUT2D eigenvalue weighted by atomic mass is 79.9. The Balaban J connectivity index is 1.86. The first kappa shape index (κ1) is 22.8. The number of hydrogen-bond donors (Lipinski definition) is 0. The van der Waals surface area contributed by atoms with Gasteiger partial charge in [-0.1, -0.05) is 28.1 Å². The highest BCUT2D eigenvalue weighted by Crippen LogP contribution is 2.38. The Kier molecular flexibility index (Phi) is 7.34. The lowest BCUT2D eigenvalue weighted by atomic mass is 10.1. The van der Waals surface area contributed by atoms with Crippen LogP contribution in [0.4, 0.5) is 10.5 Å². The molecule has 0 spiro atoms. The molecule has 2 aromatic carbocycles. The summed E-state index contributed by atoms with van der Waals surface area (Å²) in [6.07, 6.45) is 1.64. The predicted octanol–water partition coefficient (Wildman–Crippen LogP) is 5.39. The monoisotopic (exact) mass is 506 g/mol. The largest absolute Gasteiger partial charge is 0.490 e. The zero-order valence-corrected chi connectivity index (χ0v) is 19.2. The minimum atomic E-state index is -0.458. The fraction of sp³-hybridized carbons (Fsp3) is 0.238. The zero-order chi connectivity index (χ0) is 22.5. The molecule has 0 aromatic heterocycles. The van der Waals surface area contributed by atoms with E-state index in [1.165, 1.54) is 17.0 Å². The Morgan fingerprint density at radius 1 is 1.16 bits per heavy atom. The van der Waals surface area contributed by atoms with Crippen LogP contribution in [0.2, 0.25) is 0 Å². The van der Waals surface area contributed by atoms with E-state index in [1.54, 1.807) is 37.3 Å². The molecule has 0 atom stereocenters. The molecule has 0 unspecified atom stereocenters. The van der Waals surface area contributed by atoms with Gasteiger partial charge in [0, 0.05) is 23.2 Å². The van der Waals surface area contributed by atoms with E-state index in [9.17, 15) is 19.7 Å². The number of ether oxygens (including phenoxy) is 2. The van der Waals surface area contributed by atoms with Gasteiger partial charge in [0.15, 0.2) is 11.5 Å². The standard InChI is InChI=1S/C21H19BrN2O6S/c1-3-23-20(25)19(31-21(23)26)10-14-9-17(29-4-2)18(11-16(14)22)30-12-13-6-5-7-15(8-13)24(27)28/h5-11H,3-4,12H2,1-2H3/b19-10+. The lowest BCUT2D eigenvalue weighted by Crippen LogP contribution is -2.27. The summed E-state index contributed by atoms with van der Waals surface area (Å²) in [5.74, 6) is 0.574. The van der Waals surface area contributed by atoms with E-state index < -0.39 is 4.92 Å². The molecule has 0 aliphatic carbocycles. The molecule has 1 aliphatic heterocycles. The number of hydrogen-bond acceptors (Lipinski definition) is 7. The van der Waals surface area contributed by atoms with Crippen LogP contribution in [0.1, 0.15) is 25.0 Å². The summed E-state index contributed by atoms with van der Waals surface area (Å²) in [5, 5.41) is 10.7. The van der Waals surface area contributed by atoms with Gasteiger partial charge >= 0.3 is 0 Å². The number of non-ortho nitro benzene ring substituents is 1. The number of likely N-dealkylation sites (N-methyl/N-ethyl adjacent to an activating group) is 1. The van der Waals surface area contributed by atoms with Crippen molar-refractivity contribution < 1.29 is 24.0 Å². The fourth-order valence-corrected chi connectivity index (χ4v) is 4.21. The molecule has 2 amide bonds. The Morgan fingerprint density at radius 3 is 2.55 bits per heavy atom. The van der Waals surface area contributed by atoms with Gasteiger partial charge < -0.3 is 9.47 Å². The number of nitro groups is 1. The van der Waals surface area contributed by atoms with Crippen LogP contribution >= 0.6 is 27.7 Å². The summed E-state index contributed by atoms with van der Waals surface area (Å²) < 4.78 is 12.2. The van der Waals surface area contributed by atoms with Crippen molar-refractivity contribution >= 4 is 50.6 Å². The average Bonchev–Trinajstić information content (AvgIpc) is 3.01. The lowest BCUT2D eigenvalue weighted by molar-refractivity contribution is -0.384. The third kappa shape index (κ3) is 5.26. The van der Waals surface area contributed by atoms with E-state index in [2.05, 4.69) is 15.9 Å². The zero-order valence-electron chi connectivity index (χ0n) is 16.8.